The topological polar surface area (TPSA) is 37.3 Å². The lowest BCUT2D eigenvalue weighted by molar-refractivity contribution is -0.143. The molecule has 2 rings (SSSR count). The molecule has 2 nitrogen and oxygen atoms in total. The van der Waals surface area contributed by atoms with Crippen molar-refractivity contribution in [1.82, 2.24) is 0 Å². The molecule has 1 aromatic rings. The van der Waals surface area contributed by atoms with Crippen LogP contribution in [0.2, 0.25) is 5.02 Å². The van der Waals surface area contributed by atoms with Gasteiger partial charge >= 0.3 is 5.97 Å². The first-order valence-electron chi connectivity index (χ1n) is 6.08. The Bertz CT molecular complexity index is 428. The van der Waals surface area contributed by atoms with Crippen molar-refractivity contribution in [3.63, 3.8) is 0 Å². The normalized spacial score (nSPS) is 24.6. The van der Waals surface area contributed by atoms with Crippen molar-refractivity contribution in [3.8, 4) is 0 Å². The molecule has 0 heterocycles. The molecule has 1 N–H and O–H groups in total. The average molecular weight is 253 g/mol. The first-order valence-corrected chi connectivity index (χ1v) is 6.46. The molecule has 1 aromatic carbocycles. The van der Waals surface area contributed by atoms with Crippen LogP contribution in [0.3, 0.4) is 0 Å². The van der Waals surface area contributed by atoms with Crippen LogP contribution in [0.5, 0.6) is 0 Å². The summed E-state index contributed by atoms with van der Waals surface area (Å²) >= 11 is 6.11. The fourth-order valence-corrected chi connectivity index (χ4v) is 2.85. The Labute approximate surface area is 107 Å². The molecule has 1 saturated carbocycles. The number of benzene rings is 1. The van der Waals surface area contributed by atoms with Gasteiger partial charge in [-0.1, -0.05) is 36.6 Å². The summed E-state index contributed by atoms with van der Waals surface area (Å²) in [6, 6.07) is 5.93. The van der Waals surface area contributed by atoms with Crippen molar-refractivity contribution in [3.05, 3.63) is 34.3 Å². The lowest BCUT2D eigenvalue weighted by Crippen LogP contribution is -2.25. The predicted octanol–water partition coefficient (Wildman–Crippen LogP) is 4.01. The highest BCUT2D eigenvalue weighted by Gasteiger charge is 2.31. The highest BCUT2D eigenvalue weighted by molar-refractivity contribution is 6.31. The monoisotopic (exact) mass is 252 g/mol. The van der Waals surface area contributed by atoms with Crippen LogP contribution >= 0.6 is 11.6 Å². The molecule has 0 aliphatic heterocycles. The Morgan fingerprint density at radius 3 is 2.71 bits per heavy atom. The van der Waals surface area contributed by atoms with E-state index in [4.69, 9.17) is 11.6 Å². The number of hydrogen-bond acceptors (Lipinski definition) is 1. The van der Waals surface area contributed by atoms with Crippen LogP contribution in [0.15, 0.2) is 18.2 Å². The van der Waals surface area contributed by atoms with Gasteiger partial charge in [-0.2, -0.15) is 0 Å². The molecular weight excluding hydrogens is 236 g/mol. The van der Waals surface area contributed by atoms with Gasteiger partial charge in [-0.3, -0.25) is 4.79 Å². The van der Waals surface area contributed by atoms with Crippen molar-refractivity contribution in [2.45, 2.75) is 38.5 Å². The van der Waals surface area contributed by atoms with E-state index in [1.807, 2.05) is 25.1 Å². The second-order valence-corrected chi connectivity index (χ2v) is 5.25. The fourth-order valence-electron chi connectivity index (χ4n) is 2.67. The third-order valence-corrected chi connectivity index (χ3v) is 4.11. The third kappa shape index (κ3) is 2.63. The van der Waals surface area contributed by atoms with E-state index in [0.29, 0.717) is 0 Å². The molecule has 0 bridgehead atoms. The Balaban J connectivity index is 2.29. The van der Waals surface area contributed by atoms with Crippen LogP contribution in [-0.2, 0) is 4.79 Å². The van der Waals surface area contributed by atoms with Gasteiger partial charge in [0.2, 0.25) is 0 Å². The summed E-state index contributed by atoms with van der Waals surface area (Å²) < 4.78 is 0. The van der Waals surface area contributed by atoms with Gasteiger partial charge in [0.05, 0.1) is 5.92 Å². The highest BCUT2D eigenvalue weighted by Crippen LogP contribution is 2.38. The Kier molecular flexibility index (Phi) is 3.72. The van der Waals surface area contributed by atoms with Crippen molar-refractivity contribution < 1.29 is 9.90 Å². The van der Waals surface area contributed by atoms with E-state index >= 15 is 0 Å². The minimum atomic E-state index is -0.675. The summed E-state index contributed by atoms with van der Waals surface area (Å²) in [5.41, 5.74) is 2.12. The minimum Gasteiger partial charge on any atom is -0.481 e. The molecule has 0 saturated heterocycles. The summed E-state index contributed by atoms with van der Waals surface area (Å²) in [6.07, 6.45) is 3.87. The van der Waals surface area contributed by atoms with E-state index in [1.165, 1.54) is 0 Å². The SMILES string of the molecule is Cc1ccc(C2CCCCC2C(=O)O)cc1Cl. The first kappa shape index (κ1) is 12.4. The smallest absolute Gasteiger partial charge is 0.307 e. The molecule has 1 fully saturated rings. The molecule has 0 aromatic heterocycles. The Morgan fingerprint density at radius 1 is 1.35 bits per heavy atom. The largest absolute Gasteiger partial charge is 0.481 e. The molecule has 3 heteroatoms. The lowest BCUT2D eigenvalue weighted by Gasteiger charge is -2.29. The maximum absolute atomic E-state index is 11.3. The molecule has 92 valence electrons. The number of carboxylic acid groups (broad SMARTS) is 1. The van der Waals surface area contributed by atoms with Crippen LogP contribution in [0.25, 0.3) is 0 Å². The summed E-state index contributed by atoms with van der Waals surface area (Å²) in [5, 5.41) is 9.99. The van der Waals surface area contributed by atoms with Gasteiger partial charge in [-0.15, -0.1) is 0 Å². The molecule has 1 aliphatic rings. The third-order valence-electron chi connectivity index (χ3n) is 3.71. The second kappa shape index (κ2) is 5.09. The zero-order valence-corrected chi connectivity index (χ0v) is 10.7. The van der Waals surface area contributed by atoms with Gasteiger partial charge in [0.25, 0.3) is 0 Å². The van der Waals surface area contributed by atoms with Crippen LogP contribution in [-0.4, -0.2) is 11.1 Å². The van der Waals surface area contributed by atoms with Crippen LogP contribution in [0, 0.1) is 12.8 Å². The van der Waals surface area contributed by atoms with Gasteiger partial charge < -0.3 is 5.11 Å². The van der Waals surface area contributed by atoms with E-state index in [9.17, 15) is 9.90 Å². The van der Waals surface area contributed by atoms with E-state index in [-0.39, 0.29) is 11.8 Å². The number of aryl methyl sites for hydroxylation is 1. The number of rotatable bonds is 2. The summed E-state index contributed by atoms with van der Waals surface area (Å²) in [5.74, 6) is -0.798. The quantitative estimate of drug-likeness (QED) is 0.864. The zero-order valence-electron chi connectivity index (χ0n) is 9.95. The standard InChI is InChI=1S/C14H17ClO2/c1-9-6-7-10(8-13(9)15)11-4-2-3-5-12(11)14(16)17/h6-8,11-12H,2-5H2,1H3,(H,16,17). The maximum atomic E-state index is 11.3. The molecule has 1 aliphatic carbocycles. The summed E-state index contributed by atoms with van der Waals surface area (Å²) in [6.45, 7) is 1.96. The number of carbonyl (C=O) groups is 1. The van der Waals surface area contributed by atoms with E-state index < -0.39 is 5.97 Å². The molecule has 2 atom stereocenters. The van der Waals surface area contributed by atoms with Gasteiger partial charge in [-0.25, -0.2) is 0 Å². The Morgan fingerprint density at radius 2 is 2.06 bits per heavy atom. The highest BCUT2D eigenvalue weighted by atomic mass is 35.5. The summed E-state index contributed by atoms with van der Waals surface area (Å²) in [7, 11) is 0. The molecular formula is C14H17ClO2. The molecule has 2 unspecified atom stereocenters. The van der Waals surface area contributed by atoms with Crippen LogP contribution in [0.1, 0.15) is 42.7 Å². The first-order chi connectivity index (χ1) is 8.09. The van der Waals surface area contributed by atoms with Crippen LogP contribution < -0.4 is 0 Å². The number of aliphatic carboxylic acids is 1. The molecule has 17 heavy (non-hydrogen) atoms. The number of carboxylic acids is 1. The average Bonchev–Trinajstić information content (AvgIpc) is 2.32. The fraction of sp³-hybridized carbons (Fsp3) is 0.500. The van der Waals surface area contributed by atoms with Crippen molar-refractivity contribution >= 4 is 17.6 Å². The minimum absolute atomic E-state index is 0.124. The van der Waals surface area contributed by atoms with Crippen LogP contribution in [0.4, 0.5) is 0 Å². The molecule has 0 radical (unpaired) electrons. The lowest BCUT2D eigenvalue weighted by atomic mass is 9.75. The van der Waals surface area contributed by atoms with Crippen molar-refractivity contribution in [2.75, 3.05) is 0 Å². The van der Waals surface area contributed by atoms with Crippen molar-refractivity contribution in [1.29, 1.82) is 0 Å². The summed E-state index contributed by atoms with van der Waals surface area (Å²) in [4.78, 5) is 11.3. The molecule has 0 spiro atoms. The number of halogens is 1. The Hall–Kier alpha value is -1.02. The maximum Gasteiger partial charge on any atom is 0.307 e. The van der Waals surface area contributed by atoms with E-state index in [0.717, 1.165) is 41.8 Å². The zero-order chi connectivity index (χ0) is 12.4. The van der Waals surface area contributed by atoms with Gasteiger partial charge in [-0.05, 0) is 42.9 Å². The number of hydrogen-bond donors (Lipinski definition) is 1. The molecule has 0 amide bonds. The second-order valence-electron chi connectivity index (χ2n) is 4.84. The van der Waals surface area contributed by atoms with E-state index in [2.05, 4.69) is 0 Å². The van der Waals surface area contributed by atoms with Crippen molar-refractivity contribution in [2.24, 2.45) is 5.92 Å². The van der Waals surface area contributed by atoms with Gasteiger partial charge in [0.15, 0.2) is 0 Å². The van der Waals surface area contributed by atoms with Gasteiger partial charge in [0.1, 0.15) is 0 Å². The van der Waals surface area contributed by atoms with Gasteiger partial charge in [0, 0.05) is 5.02 Å². The predicted molar refractivity (Wildman–Crippen MR) is 68.5 cm³/mol. The van der Waals surface area contributed by atoms with E-state index in [1.54, 1.807) is 0 Å².